The van der Waals surface area contributed by atoms with E-state index >= 15 is 0 Å². The van der Waals surface area contributed by atoms with E-state index in [0.717, 1.165) is 0 Å². The second-order valence-corrected chi connectivity index (χ2v) is 10.2. The minimum atomic E-state index is -0.709. The molecule has 8 nitrogen and oxygen atoms in total. The van der Waals surface area contributed by atoms with E-state index in [0.29, 0.717) is 22.1 Å². The number of nitrogens with one attached hydrogen (secondary N) is 2. The fraction of sp³-hybridized carbons (Fsp3) is 0.474. The molecule has 0 aliphatic carbocycles. The number of amides is 3. The van der Waals surface area contributed by atoms with E-state index in [2.05, 4.69) is 10.6 Å². The van der Waals surface area contributed by atoms with Crippen LogP contribution in [0.2, 0.25) is 0 Å². The van der Waals surface area contributed by atoms with Crippen molar-refractivity contribution in [3.8, 4) is 0 Å². The fourth-order valence-corrected chi connectivity index (χ4v) is 7.01. The average molecular weight is 755 g/mol. The van der Waals surface area contributed by atoms with Gasteiger partial charge in [-0.2, -0.15) is 0 Å². The summed E-state index contributed by atoms with van der Waals surface area (Å²) in [5.74, 6) is -1.65. The highest BCUT2D eigenvalue weighted by atomic mass is 127. The number of benzene rings is 1. The monoisotopic (exact) mass is 755 g/mol. The van der Waals surface area contributed by atoms with Crippen LogP contribution in [0, 0.1) is 10.7 Å². The maximum absolute atomic E-state index is 12.9. The molecule has 0 heterocycles. The molecule has 0 unspecified atom stereocenters. The third kappa shape index (κ3) is 6.90. The number of esters is 1. The zero-order valence-corrected chi connectivity index (χ0v) is 24.0. The largest absolute Gasteiger partial charge is 0.452 e. The number of rotatable bonds is 7. The Morgan fingerprint density at radius 2 is 1.23 bits per heavy atom. The van der Waals surface area contributed by atoms with Crippen LogP contribution in [0.15, 0.2) is 0 Å². The van der Waals surface area contributed by atoms with E-state index in [1.165, 1.54) is 13.8 Å². The molecule has 0 saturated carbocycles. The third-order valence-electron chi connectivity index (χ3n) is 3.85. The minimum absolute atomic E-state index is 0.0347. The van der Waals surface area contributed by atoms with Crippen LogP contribution in [-0.4, -0.2) is 47.3 Å². The van der Waals surface area contributed by atoms with Gasteiger partial charge >= 0.3 is 5.97 Å². The third-order valence-corrected chi connectivity index (χ3v) is 7.09. The van der Waals surface area contributed by atoms with Crippen molar-refractivity contribution in [2.75, 3.05) is 17.2 Å². The number of anilines is 2. The normalized spacial score (nSPS) is 10.8. The van der Waals surface area contributed by atoms with Crippen molar-refractivity contribution in [1.29, 1.82) is 0 Å². The Kier molecular flexibility index (Phi) is 10.7. The van der Waals surface area contributed by atoms with Crippen molar-refractivity contribution in [1.82, 2.24) is 4.90 Å². The summed E-state index contributed by atoms with van der Waals surface area (Å²) in [6.45, 7) is 9.87. The second kappa shape index (κ2) is 11.8. The summed E-state index contributed by atoms with van der Waals surface area (Å²) in [6, 6.07) is -0.0694. The van der Waals surface area contributed by atoms with Crippen LogP contribution >= 0.6 is 67.8 Å². The van der Waals surface area contributed by atoms with Crippen LogP contribution in [0.3, 0.4) is 0 Å². The Morgan fingerprint density at radius 3 is 1.57 bits per heavy atom. The first-order chi connectivity index (χ1) is 13.8. The van der Waals surface area contributed by atoms with E-state index in [1.54, 1.807) is 4.90 Å². The van der Waals surface area contributed by atoms with Crippen molar-refractivity contribution in [3.63, 3.8) is 0 Å². The van der Waals surface area contributed by atoms with Gasteiger partial charge in [-0.25, -0.2) is 4.79 Å². The zero-order chi connectivity index (χ0) is 23.3. The Balaban J connectivity index is 3.35. The molecule has 0 atom stereocenters. The Morgan fingerprint density at radius 1 is 0.833 bits per heavy atom. The van der Waals surface area contributed by atoms with Crippen molar-refractivity contribution in [2.24, 2.45) is 0 Å². The lowest BCUT2D eigenvalue weighted by Crippen LogP contribution is -2.44. The maximum Gasteiger partial charge on any atom is 0.340 e. The molecule has 1 rings (SSSR count). The topological polar surface area (TPSA) is 105 Å². The first kappa shape index (κ1) is 27.3. The van der Waals surface area contributed by atoms with Gasteiger partial charge in [-0.1, -0.05) is 0 Å². The van der Waals surface area contributed by atoms with E-state index in [4.69, 9.17) is 4.74 Å². The number of carbonyl (C=O) groups excluding carboxylic acids is 4. The highest BCUT2D eigenvalue weighted by molar-refractivity contribution is 14.1. The first-order valence-electron chi connectivity index (χ1n) is 9.03. The molecule has 1 aromatic rings. The standard InChI is InChI=1S/C19H24I3N3O5/c1-8(2)25(9(3)4)12(28)7-30-19(29)13-14(20)17(23-10(5)26)16(22)18(15(13)21)24-11(6)27/h8-9H,7H2,1-6H3,(H,23,26)(H,24,27). The van der Waals surface area contributed by atoms with Gasteiger partial charge in [0, 0.05) is 25.9 Å². The molecule has 1 aromatic carbocycles. The van der Waals surface area contributed by atoms with Gasteiger partial charge in [-0.3, -0.25) is 14.4 Å². The first-order valence-corrected chi connectivity index (χ1v) is 12.3. The second-order valence-electron chi connectivity index (χ2n) is 6.99. The van der Waals surface area contributed by atoms with E-state index in [1.807, 2.05) is 95.5 Å². The SMILES string of the molecule is CC(=O)Nc1c(I)c(NC(C)=O)c(I)c(C(=O)OCC(=O)N(C(C)C)C(C)C)c1I. The molecular weight excluding hydrogens is 731 g/mol. The van der Waals surface area contributed by atoms with E-state index in [-0.39, 0.29) is 35.4 Å². The molecule has 0 spiro atoms. The van der Waals surface area contributed by atoms with Crippen molar-refractivity contribution in [2.45, 2.75) is 53.6 Å². The number of hydrogen-bond acceptors (Lipinski definition) is 5. The molecule has 0 aliphatic heterocycles. The molecule has 0 bridgehead atoms. The molecule has 3 amide bonds. The van der Waals surface area contributed by atoms with Crippen LogP contribution in [-0.2, 0) is 19.1 Å². The average Bonchev–Trinajstić information content (AvgIpc) is 2.59. The Labute approximate surface area is 217 Å². The summed E-state index contributed by atoms with van der Waals surface area (Å²) < 4.78 is 6.84. The molecule has 166 valence electrons. The van der Waals surface area contributed by atoms with Crippen LogP contribution < -0.4 is 10.6 Å². The van der Waals surface area contributed by atoms with Gasteiger partial charge in [0.15, 0.2) is 6.61 Å². The van der Waals surface area contributed by atoms with Gasteiger partial charge in [0.2, 0.25) is 11.8 Å². The number of ether oxygens (including phenoxy) is 1. The van der Waals surface area contributed by atoms with Crippen LogP contribution in [0.4, 0.5) is 11.4 Å². The van der Waals surface area contributed by atoms with Crippen molar-refractivity contribution >= 4 is 103 Å². The summed E-state index contributed by atoms with van der Waals surface area (Å²) >= 11 is 5.90. The Bertz CT molecular complexity index is 820. The molecule has 0 saturated heterocycles. The summed E-state index contributed by atoms with van der Waals surface area (Å²) in [6.07, 6.45) is 0. The predicted molar refractivity (Wildman–Crippen MR) is 141 cm³/mol. The Hall–Kier alpha value is -0.710. The van der Waals surface area contributed by atoms with Crippen LogP contribution in [0.5, 0.6) is 0 Å². The zero-order valence-electron chi connectivity index (χ0n) is 17.5. The molecule has 2 N–H and O–H groups in total. The highest BCUT2D eigenvalue weighted by Crippen LogP contribution is 2.39. The van der Waals surface area contributed by atoms with Gasteiger partial charge in [0.05, 0.1) is 27.6 Å². The van der Waals surface area contributed by atoms with Gasteiger partial charge in [-0.15, -0.1) is 0 Å². The van der Waals surface area contributed by atoms with E-state index < -0.39 is 12.6 Å². The van der Waals surface area contributed by atoms with Crippen molar-refractivity contribution in [3.05, 3.63) is 16.3 Å². The molecule has 0 radical (unpaired) electrons. The summed E-state index contributed by atoms with van der Waals surface area (Å²) in [4.78, 5) is 50.4. The minimum Gasteiger partial charge on any atom is -0.452 e. The lowest BCUT2D eigenvalue weighted by atomic mass is 10.1. The molecule has 0 aromatic heterocycles. The lowest BCUT2D eigenvalue weighted by molar-refractivity contribution is -0.138. The quantitative estimate of drug-likeness (QED) is 0.321. The highest BCUT2D eigenvalue weighted by Gasteiger charge is 2.28. The predicted octanol–water partition coefficient (Wildman–Crippen LogP) is 4.22. The number of carbonyl (C=O) groups is 4. The number of hydrogen-bond donors (Lipinski definition) is 2. The van der Waals surface area contributed by atoms with Crippen molar-refractivity contribution < 1.29 is 23.9 Å². The van der Waals surface area contributed by atoms with Gasteiger partial charge in [-0.05, 0) is 95.5 Å². The van der Waals surface area contributed by atoms with Crippen LogP contribution in [0.25, 0.3) is 0 Å². The fourth-order valence-electron chi connectivity index (χ4n) is 2.86. The summed E-state index contributed by atoms with van der Waals surface area (Å²) in [5, 5.41) is 5.40. The smallest absolute Gasteiger partial charge is 0.340 e. The van der Waals surface area contributed by atoms with Gasteiger partial charge in [0.1, 0.15) is 0 Å². The number of nitrogens with zero attached hydrogens (tertiary/aromatic N) is 1. The van der Waals surface area contributed by atoms with Gasteiger partial charge in [0.25, 0.3) is 5.91 Å². The summed E-state index contributed by atoms with van der Waals surface area (Å²) in [5.41, 5.74) is 0.979. The summed E-state index contributed by atoms with van der Waals surface area (Å²) in [7, 11) is 0. The van der Waals surface area contributed by atoms with Crippen LogP contribution in [0.1, 0.15) is 51.9 Å². The lowest BCUT2D eigenvalue weighted by Gasteiger charge is -2.30. The molecule has 11 heteroatoms. The molecule has 0 aliphatic rings. The van der Waals surface area contributed by atoms with E-state index in [9.17, 15) is 19.2 Å². The molecule has 0 fully saturated rings. The maximum atomic E-state index is 12.9. The number of halogens is 3. The molecular formula is C19H24I3N3O5. The molecule has 30 heavy (non-hydrogen) atoms. The van der Waals surface area contributed by atoms with Gasteiger partial charge < -0.3 is 20.3 Å².